The fourth-order valence-corrected chi connectivity index (χ4v) is 2.05. The molecular formula is C16H18N2. The molecule has 92 valence electrons. The van der Waals surface area contributed by atoms with Gasteiger partial charge in [-0.3, -0.25) is 4.98 Å². The zero-order chi connectivity index (χ0) is 13.1. The number of pyridine rings is 1. The Balaban J connectivity index is 2.59. The molecule has 2 aromatic rings. The van der Waals surface area contributed by atoms with Crippen molar-refractivity contribution >= 4 is 0 Å². The van der Waals surface area contributed by atoms with Crippen LogP contribution in [-0.2, 0) is 0 Å². The van der Waals surface area contributed by atoms with Gasteiger partial charge in [-0.2, -0.15) is 0 Å². The highest BCUT2D eigenvalue weighted by Crippen LogP contribution is 2.30. The van der Waals surface area contributed by atoms with Crippen LogP contribution >= 0.6 is 0 Å². The third-order valence-electron chi connectivity index (χ3n) is 3.12. The smallest absolute Gasteiger partial charge is 0.0511 e. The highest BCUT2D eigenvalue weighted by molar-refractivity contribution is 5.70. The topological polar surface area (TPSA) is 38.9 Å². The molecule has 0 aliphatic rings. The van der Waals surface area contributed by atoms with Gasteiger partial charge in [-0.25, -0.2) is 0 Å². The van der Waals surface area contributed by atoms with Crippen molar-refractivity contribution in [3.05, 3.63) is 66.0 Å². The van der Waals surface area contributed by atoms with E-state index in [2.05, 4.69) is 29.8 Å². The van der Waals surface area contributed by atoms with Crippen LogP contribution in [0.1, 0.15) is 24.2 Å². The van der Waals surface area contributed by atoms with Crippen molar-refractivity contribution in [1.82, 2.24) is 4.98 Å². The summed E-state index contributed by atoms with van der Waals surface area (Å²) in [5, 5.41) is 0. The monoisotopic (exact) mass is 238 g/mol. The fraction of sp³-hybridized carbons (Fsp3) is 0.188. The number of aryl methyl sites for hydroxylation is 1. The predicted molar refractivity (Wildman–Crippen MR) is 76.2 cm³/mol. The van der Waals surface area contributed by atoms with Crippen LogP contribution in [-0.4, -0.2) is 4.98 Å². The van der Waals surface area contributed by atoms with Crippen LogP contribution in [0.4, 0.5) is 0 Å². The Kier molecular flexibility index (Phi) is 3.58. The van der Waals surface area contributed by atoms with Crippen molar-refractivity contribution in [1.29, 1.82) is 0 Å². The molecule has 0 saturated heterocycles. The second-order valence-electron chi connectivity index (χ2n) is 4.55. The number of nitrogens with two attached hydrogens (primary N) is 1. The minimum absolute atomic E-state index is 0.138. The molecule has 1 heterocycles. The van der Waals surface area contributed by atoms with E-state index in [9.17, 15) is 0 Å². The molecule has 1 unspecified atom stereocenters. The van der Waals surface area contributed by atoms with E-state index in [1.54, 1.807) is 6.20 Å². The van der Waals surface area contributed by atoms with Crippen molar-refractivity contribution in [3.63, 3.8) is 0 Å². The molecule has 1 atom stereocenters. The predicted octanol–water partition coefficient (Wildman–Crippen LogP) is 3.63. The Hall–Kier alpha value is -1.93. The summed E-state index contributed by atoms with van der Waals surface area (Å²) >= 11 is 0. The van der Waals surface area contributed by atoms with Crippen LogP contribution in [0.2, 0.25) is 0 Å². The summed E-state index contributed by atoms with van der Waals surface area (Å²) < 4.78 is 0. The van der Waals surface area contributed by atoms with Gasteiger partial charge in [-0.1, -0.05) is 42.5 Å². The van der Waals surface area contributed by atoms with E-state index in [4.69, 9.17) is 5.73 Å². The molecular weight excluding hydrogens is 220 g/mol. The first-order chi connectivity index (χ1) is 8.61. The van der Waals surface area contributed by atoms with Crippen molar-refractivity contribution in [2.45, 2.75) is 19.9 Å². The Labute approximate surface area is 108 Å². The Morgan fingerprint density at radius 1 is 1.17 bits per heavy atom. The van der Waals surface area contributed by atoms with E-state index in [1.165, 1.54) is 0 Å². The van der Waals surface area contributed by atoms with Crippen molar-refractivity contribution in [2.24, 2.45) is 5.73 Å². The summed E-state index contributed by atoms with van der Waals surface area (Å²) in [5.74, 6) is 0. The number of hydrogen-bond donors (Lipinski definition) is 1. The van der Waals surface area contributed by atoms with Gasteiger partial charge in [0.1, 0.15) is 0 Å². The van der Waals surface area contributed by atoms with Gasteiger partial charge in [0.25, 0.3) is 0 Å². The molecule has 2 N–H and O–H groups in total. The van der Waals surface area contributed by atoms with Crippen molar-refractivity contribution < 1.29 is 0 Å². The van der Waals surface area contributed by atoms with Gasteiger partial charge in [0.05, 0.1) is 6.04 Å². The molecule has 2 heteroatoms. The lowest BCUT2D eigenvalue weighted by Gasteiger charge is -2.17. The normalized spacial score (nSPS) is 12.2. The lowest BCUT2D eigenvalue weighted by molar-refractivity contribution is 0.852. The number of nitrogens with zero attached hydrogens (tertiary/aromatic N) is 1. The van der Waals surface area contributed by atoms with Crippen LogP contribution in [0.25, 0.3) is 11.1 Å². The highest BCUT2D eigenvalue weighted by atomic mass is 14.7. The molecule has 0 amide bonds. The van der Waals surface area contributed by atoms with E-state index in [0.29, 0.717) is 0 Å². The molecule has 2 rings (SSSR count). The molecule has 2 nitrogen and oxygen atoms in total. The molecule has 0 spiro atoms. The summed E-state index contributed by atoms with van der Waals surface area (Å²) in [5.41, 5.74) is 11.5. The summed E-state index contributed by atoms with van der Waals surface area (Å²) in [6.07, 6.45) is 1.81. The van der Waals surface area contributed by atoms with Gasteiger partial charge in [-0.05, 0) is 31.0 Å². The number of hydrogen-bond acceptors (Lipinski definition) is 2. The first kappa shape index (κ1) is 12.5. The van der Waals surface area contributed by atoms with Gasteiger partial charge in [-0.15, -0.1) is 0 Å². The molecule has 1 aromatic heterocycles. The summed E-state index contributed by atoms with van der Waals surface area (Å²) in [6.45, 7) is 7.92. The molecule has 1 aromatic carbocycles. The average molecular weight is 238 g/mol. The third kappa shape index (κ3) is 2.34. The molecule has 0 radical (unpaired) electrons. The maximum atomic E-state index is 6.21. The van der Waals surface area contributed by atoms with Gasteiger partial charge < -0.3 is 5.73 Å². The van der Waals surface area contributed by atoms with Crippen LogP contribution in [0.15, 0.2) is 54.7 Å². The Bertz CT molecular complexity index is 573. The van der Waals surface area contributed by atoms with E-state index in [0.717, 1.165) is 28.0 Å². The van der Waals surface area contributed by atoms with Gasteiger partial charge in [0.2, 0.25) is 0 Å². The second kappa shape index (κ2) is 5.15. The van der Waals surface area contributed by atoms with E-state index in [-0.39, 0.29) is 6.04 Å². The zero-order valence-corrected chi connectivity index (χ0v) is 10.9. The zero-order valence-electron chi connectivity index (χ0n) is 10.9. The highest BCUT2D eigenvalue weighted by Gasteiger charge is 2.13. The SMILES string of the molecule is C=C(C)C(N)c1ccccc1-c1cccnc1C. The Morgan fingerprint density at radius 2 is 1.83 bits per heavy atom. The minimum atomic E-state index is -0.138. The minimum Gasteiger partial charge on any atom is -0.321 e. The quantitative estimate of drug-likeness (QED) is 0.829. The molecule has 0 bridgehead atoms. The molecule has 18 heavy (non-hydrogen) atoms. The van der Waals surface area contributed by atoms with Crippen molar-refractivity contribution in [2.75, 3.05) is 0 Å². The lowest BCUT2D eigenvalue weighted by atomic mass is 9.92. The maximum absolute atomic E-state index is 6.21. The Morgan fingerprint density at radius 3 is 2.50 bits per heavy atom. The summed E-state index contributed by atoms with van der Waals surface area (Å²) in [4.78, 5) is 4.34. The summed E-state index contributed by atoms with van der Waals surface area (Å²) in [6, 6.07) is 12.1. The van der Waals surface area contributed by atoms with Crippen molar-refractivity contribution in [3.8, 4) is 11.1 Å². The van der Waals surface area contributed by atoms with Crippen LogP contribution in [0.5, 0.6) is 0 Å². The first-order valence-electron chi connectivity index (χ1n) is 6.03. The van der Waals surface area contributed by atoms with Crippen LogP contribution in [0.3, 0.4) is 0 Å². The van der Waals surface area contributed by atoms with Crippen LogP contribution < -0.4 is 5.73 Å². The van der Waals surface area contributed by atoms with Crippen LogP contribution in [0, 0.1) is 6.92 Å². The third-order valence-corrected chi connectivity index (χ3v) is 3.12. The number of aromatic nitrogens is 1. The van der Waals surface area contributed by atoms with Gasteiger partial charge >= 0.3 is 0 Å². The second-order valence-corrected chi connectivity index (χ2v) is 4.55. The van der Waals surface area contributed by atoms with E-state index in [1.807, 2.05) is 32.0 Å². The number of benzene rings is 1. The lowest BCUT2D eigenvalue weighted by Crippen LogP contribution is -2.12. The van der Waals surface area contributed by atoms with Gasteiger partial charge in [0, 0.05) is 17.5 Å². The maximum Gasteiger partial charge on any atom is 0.0511 e. The van der Waals surface area contributed by atoms with Gasteiger partial charge in [0.15, 0.2) is 0 Å². The number of rotatable bonds is 3. The molecule has 0 aliphatic heterocycles. The first-order valence-corrected chi connectivity index (χ1v) is 6.03. The molecule has 0 saturated carbocycles. The molecule has 0 aliphatic carbocycles. The standard InChI is InChI=1S/C16H18N2/c1-11(2)16(17)15-8-5-4-7-14(15)13-9-6-10-18-12(13)3/h4-10,16H,1,17H2,2-3H3. The average Bonchev–Trinajstić information content (AvgIpc) is 2.38. The molecule has 0 fully saturated rings. The largest absolute Gasteiger partial charge is 0.321 e. The van der Waals surface area contributed by atoms with E-state index >= 15 is 0 Å². The van der Waals surface area contributed by atoms with E-state index < -0.39 is 0 Å². The summed E-state index contributed by atoms with van der Waals surface area (Å²) in [7, 11) is 0. The fourth-order valence-electron chi connectivity index (χ4n) is 2.05.